The summed E-state index contributed by atoms with van der Waals surface area (Å²) < 4.78 is 30.9. The molecule has 0 saturated carbocycles. The van der Waals surface area contributed by atoms with Gasteiger partial charge in [-0.25, -0.2) is 9.37 Å². The van der Waals surface area contributed by atoms with Crippen molar-refractivity contribution in [3.63, 3.8) is 0 Å². The van der Waals surface area contributed by atoms with Crippen LogP contribution in [0.1, 0.15) is 18.9 Å². The van der Waals surface area contributed by atoms with E-state index in [1.807, 2.05) is 6.07 Å². The minimum absolute atomic E-state index is 0.0202. The predicted molar refractivity (Wildman–Crippen MR) is 116 cm³/mol. The van der Waals surface area contributed by atoms with Gasteiger partial charge in [0.05, 0.1) is 20.3 Å². The smallest absolute Gasteiger partial charge is 0.243 e. The highest BCUT2D eigenvalue weighted by Crippen LogP contribution is 2.34. The Balaban J connectivity index is 1.97. The van der Waals surface area contributed by atoms with Crippen LogP contribution in [0.15, 0.2) is 60.8 Å². The number of halogens is 1. The molecule has 161 valence electrons. The minimum Gasteiger partial charge on any atom is -0.497 e. The Bertz CT molecular complexity index is 1040. The lowest BCUT2D eigenvalue weighted by atomic mass is 10.1. The van der Waals surface area contributed by atoms with Crippen molar-refractivity contribution in [1.29, 1.82) is 0 Å². The molecule has 0 saturated heterocycles. The molecule has 0 bridgehead atoms. The van der Waals surface area contributed by atoms with Crippen LogP contribution < -0.4 is 19.1 Å². The van der Waals surface area contributed by atoms with Gasteiger partial charge in [-0.15, -0.1) is 0 Å². The summed E-state index contributed by atoms with van der Waals surface area (Å²) in [7, 11) is 1.57. The number of carbonyl (C=O) groups excluding carboxylic acids is 1. The largest absolute Gasteiger partial charge is 0.497 e. The molecule has 1 heterocycles. The Morgan fingerprint density at radius 2 is 1.94 bits per heavy atom. The molecule has 0 aliphatic heterocycles. The molecule has 0 aliphatic rings. The van der Waals surface area contributed by atoms with Gasteiger partial charge in [0.25, 0.3) is 0 Å². The van der Waals surface area contributed by atoms with E-state index in [0.29, 0.717) is 30.2 Å². The molecule has 1 amide bonds. The molecule has 0 unspecified atom stereocenters. The molecular formula is C24H24FN2O4. The minimum atomic E-state index is -0.523. The maximum absolute atomic E-state index is 14.1. The van der Waals surface area contributed by atoms with E-state index < -0.39 is 5.82 Å². The van der Waals surface area contributed by atoms with Crippen molar-refractivity contribution >= 4 is 11.6 Å². The van der Waals surface area contributed by atoms with Gasteiger partial charge in [0, 0.05) is 18.7 Å². The van der Waals surface area contributed by atoms with Crippen molar-refractivity contribution in [3.05, 3.63) is 79.1 Å². The SMILES string of the molecule is [CH2]CCOc1ccc(OC)cc1CN(C(C)=O)c1cccnc1Oc1ccccc1F. The summed E-state index contributed by atoms with van der Waals surface area (Å²) in [5, 5.41) is 0. The number of pyridine rings is 1. The molecule has 31 heavy (non-hydrogen) atoms. The summed E-state index contributed by atoms with van der Waals surface area (Å²) in [6.07, 6.45) is 2.12. The van der Waals surface area contributed by atoms with Crippen molar-refractivity contribution < 1.29 is 23.4 Å². The van der Waals surface area contributed by atoms with Crippen LogP contribution in [0, 0.1) is 12.7 Å². The zero-order chi connectivity index (χ0) is 22.2. The van der Waals surface area contributed by atoms with Gasteiger partial charge in [0.2, 0.25) is 11.8 Å². The number of hydrogen-bond donors (Lipinski definition) is 0. The zero-order valence-electron chi connectivity index (χ0n) is 17.5. The Kier molecular flexibility index (Phi) is 7.43. The van der Waals surface area contributed by atoms with Crippen LogP contribution in [-0.4, -0.2) is 24.6 Å². The van der Waals surface area contributed by atoms with E-state index in [2.05, 4.69) is 11.9 Å². The number of carbonyl (C=O) groups is 1. The van der Waals surface area contributed by atoms with E-state index in [4.69, 9.17) is 14.2 Å². The number of amides is 1. The van der Waals surface area contributed by atoms with Gasteiger partial charge in [-0.1, -0.05) is 12.1 Å². The monoisotopic (exact) mass is 423 g/mol. The summed E-state index contributed by atoms with van der Waals surface area (Å²) in [5.74, 6) is 0.630. The van der Waals surface area contributed by atoms with Crippen LogP contribution >= 0.6 is 0 Å². The third-order valence-corrected chi connectivity index (χ3v) is 4.46. The first kappa shape index (κ1) is 22.1. The van der Waals surface area contributed by atoms with Crippen LogP contribution in [-0.2, 0) is 11.3 Å². The molecule has 2 aromatic carbocycles. The van der Waals surface area contributed by atoms with E-state index >= 15 is 0 Å². The molecule has 0 atom stereocenters. The second kappa shape index (κ2) is 10.4. The third kappa shape index (κ3) is 5.51. The number of hydrogen-bond acceptors (Lipinski definition) is 5. The molecule has 0 aliphatic carbocycles. The number of para-hydroxylation sites is 1. The first-order valence-electron chi connectivity index (χ1n) is 9.78. The van der Waals surface area contributed by atoms with E-state index in [9.17, 15) is 9.18 Å². The fourth-order valence-corrected chi connectivity index (χ4v) is 2.96. The van der Waals surface area contributed by atoms with Gasteiger partial charge in [0.1, 0.15) is 17.2 Å². The lowest BCUT2D eigenvalue weighted by molar-refractivity contribution is -0.116. The number of aromatic nitrogens is 1. The molecule has 6 nitrogen and oxygen atoms in total. The molecule has 3 rings (SSSR count). The van der Waals surface area contributed by atoms with E-state index in [-0.39, 0.29) is 24.1 Å². The number of rotatable bonds is 9. The highest BCUT2D eigenvalue weighted by molar-refractivity contribution is 5.92. The third-order valence-electron chi connectivity index (χ3n) is 4.46. The van der Waals surface area contributed by atoms with Gasteiger partial charge in [-0.2, -0.15) is 0 Å². The molecule has 1 radical (unpaired) electrons. The Morgan fingerprint density at radius 1 is 1.13 bits per heavy atom. The van der Waals surface area contributed by atoms with Crippen molar-refractivity contribution in [2.24, 2.45) is 0 Å². The molecule has 0 N–H and O–H groups in total. The van der Waals surface area contributed by atoms with Gasteiger partial charge in [-0.3, -0.25) is 4.79 Å². The van der Waals surface area contributed by atoms with E-state index in [1.54, 1.807) is 43.5 Å². The second-order valence-electron chi connectivity index (χ2n) is 6.64. The molecule has 0 spiro atoms. The van der Waals surface area contributed by atoms with Crippen molar-refractivity contribution in [1.82, 2.24) is 4.98 Å². The predicted octanol–water partition coefficient (Wildman–Crippen LogP) is 5.18. The Hall–Kier alpha value is -3.61. The molecule has 1 aromatic heterocycles. The lowest BCUT2D eigenvalue weighted by Gasteiger charge is -2.24. The number of anilines is 1. The second-order valence-corrected chi connectivity index (χ2v) is 6.64. The highest BCUT2D eigenvalue weighted by Gasteiger charge is 2.21. The maximum Gasteiger partial charge on any atom is 0.243 e. The average Bonchev–Trinajstić information content (AvgIpc) is 2.78. The summed E-state index contributed by atoms with van der Waals surface area (Å²) in [4.78, 5) is 18.3. The van der Waals surface area contributed by atoms with Crippen molar-refractivity contribution in [3.8, 4) is 23.1 Å². The average molecular weight is 423 g/mol. The molecular weight excluding hydrogens is 399 g/mol. The summed E-state index contributed by atoms with van der Waals surface area (Å²) in [6, 6.07) is 14.8. The molecule has 7 heteroatoms. The van der Waals surface area contributed by atoms with Crippen LogP contribution in [0.5, 0.6) is 23.1 Å². The standard InChI is InChI=1S/C24H24FN2O4/c1-4-14-30-22-12-11-19(29-3)15-18(22)16-27(17(2)28)21-9-7-13-26-24(21)31-23-10-6-5-8-20(23)25/h5-13,15H,1,4,14,16H2,2-3H3. The van der Waals surface area contributed by atoms with E-state index in [1.165, 1.54) is 30.2 Å². The topological polar surface area (TPSA) is 60.9 Å². The summed E-state index contributed by atoms with van der Waals surface area (Å²) in [5.41, 5.74) is 1.15. The number of benzene rings is 2. The number of methoxy groups -OCH3 is 1. The van der Waals surface area contributed by atoms with Gasteiger partial charge < -0.3 is 19.1 Å². The van der Waals surface area contributed by atoms with Gasteiger partial charge in [0.15, 0.2) is 11.6 Å². The van der Waals surface area contributed by atoms with Crippen LogP contribution in [0.2, 0.25) is 0 Å². The summed E-state index contributed by atoms with van der Waals surface area (Å²) >= 11 is 0. The fraction of sp³-hybridized carbons (Fsp3) is 0.208. The number of ether oxygens (including phenoxy) is 3. The lowest BCUT2D eigenvalue weighted by Crippen LogP contribution is -2.28. The number of nitrogens with zero attached hydrogens (tertiary/aromatic N) is 2. The van der Waals surface area contributed by atoms with Gasteiger partial charge >= 0.3 is 0 Å². The van der Waals surface area contributed by atoms with Crippen LogP contribution in [0.3, 0.4) is 0 Å². The first-order valence-corrected chi connectivity index (χ1v) is 9.78. The van der Waals surface area contributed by atoms with Crippen molar-refractivity contribution in [2.45, 2.75) is 19.9 Å². The van der Waals surface area contributed by atoms with Crippen molar-refractivity contribution in [2.75, 3.05) is 18.6 Å². The fourth-order valence-electron chi connectivity index (χ4n) is 2.96. The Morgan fingerprint density at radius 3 is 2.65 bits per heavy atom. The quantitative estimate of drug-likeness (QED) is 0.475. The highest BCUT2D eigenvalue weighted by atomic mass is 19.1. The maximum atomic E-state index is 14.1. The van der Waals surface area contributed by atoms with Crippen LogP contribution in [0.4, 0.5) is 10.1 Å². The molecule has 3 aromatic rings. The van der Waals surface area contributed by atoms with E-state index in [0.717, 1.165) is 5.56 Å². The summed E-state index contributed by atoms with van der Waals surface area (Å²) in [6.45, 7) is 5.85. The normalized spacial score (nSPS) is 10.5. The van der Waals surface area contributed by atoms with Crippen LogP contribution in [0.25, 0.3) is 0 Å². The first-order chi connectivity index (χ1) is 15.0. The van der Waals surface area contributed by atoms with Gasteiger partial charge in [-0.05, 0) is 55.8 Å². The molecule has 0 fully saturated rings. The zero-order valence-corrected chi connectivity index (χ0v) is 17.5. The Labute approximate surface area is 181 Å².